The number of rotatable bonds is 4. The summed E-state index contributed by atoms with van der Waals surface area (Å²) in [6.45, 7) is 2.95. The Morgan fingerprint density at radius 3 is 2.12 bits per heavy atom. The molecule has 1 aromatic carbocycles. The summed E-state index contributed by atoms with van der Waals surface area (Å²) in [6.07, 6.45) is 5.56. The zero-order chi connectivity index (χ0) is 17.9. The second-order valence-electron chi connectivity index (χ2n) is 7.00. The van der Waals surface area contributed by atoms with Gasteiger partial charge in [-0.15, -0.1) is 0 Å². The first kappa shape index (κ1) is 17.5. The number of hydrogen-bond donors (Lipinski definition) is 2. The Morgan fingerprint density at radius 2 is 1.56 bits per heavy atom. The summed E-state index contributed by atoms with van der Waals surface area (Å²) in [7, 11) is 0. The van der Waals surface area contributed by atoms with Crippen LogP contribution >= 0.6 is 0 Å². The molecule has 1 aliphatic heterocycles. The van der Waals surface area contributed by atoms with E-state index in [1.807, 2.05) is 4.90 Å². The maximum absolute atomic E-state index is 12.9. The fraction of sp³-hybridized carbons (Fsp3) is 0.526. The highest BCUT2D eigenvalue weighted by Crippen LogP contribution is 2.48. The maximum Gasteiger partial charge on any atom is 0.240 e. The number of anilines is 2. The van der Waals surface area contributed by atoms with Gasteiger partial charge in [-0.1, -0.05) is 18.9 Å². The van der Waals surface area contributed by atoms with E-state index in [0.29, 0.717) is 24.2 Å². The molecule has 1 aromatic rings. The standard InChI is InChI=1S/C19H25N3O3/c1-14(23)20-15-7-6-8-16(13-15)21-17(24)19(9-10-19)18(25)22-11-4-2-3-5-12-22/h6-8,13H,2-5,9-12H2,1H3,(H,20,23)(H,21,24). The van der Waals surface area contributed by atoms with Gasteiger partial charge in [0.05, 0.1) is 0 Å². The lowest BCUT2D eigenvalue weighted by Crippen LogP contribution is -2.43. The van der Waals surface area contributed by atoms with Crippen molar-refractivity contribution in [1.29, 1.82) is 0 Å². The van der Waals surface area contributed by atoms with Crippen molar-refractivity contribution in [2.75, 3.05) is 23.7 Å². The fourth-order valence-corrected chi connectivity index (χ4v) is 3.37. The highest BCUT2D eigenvalue weighted by molar-refractivity contribution is 6.13. The van der Waals surface area contributed by atoms with Crippen LogP contribution in [0.5, 0.6) is 0 Å². The van der Waals surface area contributed by atoms with Crippen LogP contribution in [-0.4, -0.2) is 35.7 Å². The van der Waals surface area contributed by atoms with Crippen molar-refractivity contribution in [3.63, 3.8) is 0 Å². The van der Waals surface area contributed by atoms with Crippen LogP contribution < -0.4 is 10.6 Å². The minimum Gasteiger partial charge on any atom is -0.342 e. The molecule has 0 atom stereocenters. The maximum atomic E-state index is 12.9. The zero-order valence-corrected chi connectivity index (χ0v) is 14.6. The Hall–Kier alpha value is -2.37. The molecule has 0 radical (unpaired) electrons. The number of nitrogens with zero attached hydrogens (tertiary/aromatic N) is 1. The van der Waals surface area contributed by atoms with E-state index in [1.165, 1.54) is 6.92 Å². The third-order valence-corrected chi connectivity index (χ3v) is 4.93. The summed E-state index contributed by atoms with van der Waals surface area (Å²) in [5.74, 6) is -0.426. The van der Waals surface area contributed by atoms with E-state index in [0.717, 1.165) is 38.8 Å². The lowest BCUT2D eigenvalue weighted by molar-refractivity contribution is -0.142. The molecule has 134 valence electrons. The van der Waals surface area contributed by atoms with Crippen molar-refractivity contribution in [3.8, 4) is 0 Å². The second kappa shape index (κ2) is 7.25. The van der Waals surface area contributed by atoms with Gasteiger partial charge < -0.3 is 15.5 Å². The lowest BCUT2D eigenvalue weighted by Gasteiger charge is -2.25. The molecule has 1 saturated carbocycles. The highest BCUT2D eigenvalue weighted by atomic mass is 16.2. The van der Waals surface area contributed by atoms with Crippen molar-refractivity contribution in [2.45, 2.75) is 45.4 Å². The molecule has 1 saturated heterocycles. The monoisotopic (exact) mass is 343 g/mol. The van der Waals surface area contributed by atoms with Gasteiger partial charge in [-0.2, -0.15) is 0 Å². The molecule has 2 aliphatic rings. The van der Waals surface area contributed by atoms with Crippen LogP contribution in [0.2, 0.25) is 0 Å². The number of hydrogen-bond acceptors (Lipinski definition) is 3. The summed E-state index contributed by atoms with van der Waals surface area (Å²) in [6, 6.07) is 6.98. The van der Waals surface area contributed by atoms with Gasteiger partial charge in [-0.3, -0.25) is 14.4 Å². The minimum absolute atomic E-state index is 0.0232. The van der Waals surface area contributed by atoms with Crippen molar-refractivity contribution in [3.05, 3.63) is 24.3 Å². The predicted octanol–water partition coefficient (Wildman–Crippen LogP) is 2.77. The van der Waals surface area contributed by atoms with Crippen LogP contribution in [0.15, 0.2) is 24.3 Å². The predicted molar refractivity (Wildman–Crippen MR) is 96.1 cm³/mol. The average molecular weight is 343 g/mol. The molecule has 0 unspecified atom stereocenters. The van der Waals surface area contributed by atoms with Crippen LogP contribution in [-0.2, 0) is 14.4 Å². The number of carbonyl (C=O) groups is 3. The zero-order valence-electron chi connectivity index (χ0n) is 14.6. The van der Waals surface area contributed by atoms with Crippen LogP contribution in [0, 0.1) is 5.41 Å². The van der Waals surface area contributed by atoms with Crippen molar-refractivity contribution in [2.24, 2.45) is 5.41 Å². The van der Waals surface area contributed by atoms with Gasteiger partial charge >= 0.3 is 0 Å². The molecule has 3 rings (SSSR count). The minimum atomic E-state index is -0.894. The quantitative estimate of drug-likeness (QED) is 0.825. The average Bonchev–Trinajstić information content (AvgIpc) is 3.39. The SMILES string of the molecule is CC(=O)Nc1cccc(NC(=O)C2(C(=O)N3CCCCCC3)CC2)c1. The van der Waals surface area contributed by atoms with E-state index in [-0.39, 0.29) is 17.7 Å². The number of amides is 3. The smallest absolute Gasteiger partial charge is 0.240 e. The molecule has 0 bridgehead atoms. The second-order valence-corrected chi connectivity index (χ2v) is 7.00. The molecule has 1 heterocycles. The van der Waals surface area contributed by atoms with Crippen LogP contribution in [0.3, 0.4) is 0 Å². The van der Waals surface area contributed by atoms with E-state index in [1.54, 1.807) is 24.3 Å². The van der Waals surface area contributed by atoms with Crippen LogP contribution in [0.1, 0.15) is 45.4 Å². The Kier molecular flexibility index (Phi) is 5.06. The van der Waals surface area contributed by atoms with Gasteiger partial charge in [-0.05, 0) is 43.9 Å². The fourth-order valence-electron chi connectivity index (χ4n) is 3.37. The van der Waals surface area contributed by atoms with Gasteiger partial charge in [0.1, 0.15) is 5.41 Å². The molecular formula is C19H25N3O3. The topological polar surface area (TPSA) is 78.5 Å². The van der Waals surface area contributed by atoms with Crippen LogP contribution in [0.25, 0.3) is 0 Å². The summed E-state index contributed by atoms with van der Waals surface area (Å²) >= 11 is 0. The van der Waals surface area contributed by atoms with E-state index in [4.69, 9.17) is 0 Å². The third kappa shape index (κ3) is 4.00. The Labute approximate surface area is 148 Å². The van der Waals surface area contributed by atoms with Gasteiger partial charge in [-0.25, -0.2) is 0 Å². The summed E-state index contributed by atoms with van der Waals surface area (Å²) < 4.78 is 0. The molecule has 0 spiro atoms. The van der Waals surface area contributed by atoms with Gasteiger partial charge in [0.2, 0.25) is 17.7 Å². The molecule has 1 aliphatic carbocycles. The molecule has 2 fully saturated rings. The summed E-state index contributed by atoms with van der Waals surface area (Å²) in [5, 5.41) is 5.55. The first-order valence-electron chi connectivity index (χ1n) is 9.00. The Balaban J connectivity index is 1.68. The first-order valence-corrected chi connectivity index (χ1v) is 9.00. The molecule has 6 heteroatoms. The molecule has 6 nitrogen and oxygen atoms in total. The number of carbonyl (C=O) groups excluding carboxylic acids is 3. The molecular weight excluding hydrogens is 318 g/mol. The Bertz CT molecular complexity index is 674. The molecule has 2 N–H and O–H groups in total. The molecule has 0 aromatic heterocycles. The lowest BCUT2D eigenvalue weighted by atomic mass is 10.0. The van der Waals surface area contributed by atoms with E-state index >= 15 is 0 Å². The van der Waals surface area contributed by atoms with Crippen molar-refractivity contribution >= 4 is 29.1 Å². The number of benzene rings is 1. The van der Waals surface area contributed by atoms with E-state index in [9.17, 15) is 14.4 Å². The largest absolute Gasteiger partial charge is 0.342 e. The van der Waals surface area contributed by atoms with E-state index in [2.05, 4.69) is 10.6 Å². The number of likely N-dealkylation sites (tertiary alicyclic amines) is 1. The Morgan fingerprint density at radius 1 is 0.960 bits per heavy atom. The van der Waals surface area contributed by atoms with Gasteiger partial charge in [0.15, 0.2) is 0 Å². The molecule has 25 heavy (non-hydrogen) atoms. The van der Waals surface area contributed by atoms with E-state index < -0.39 is 5.41 Å². The molecule has 3 amide bonds. The summed E-state index contributed by atoms with van der Waals surface area (Å²) in [4.78, 5) is 38.7. The van der Waals surface area contributed by atoms with Crippen LogP contribution in [0.4, 0.5) is 11.4 Å². The van der Waals surface area contributed by atoms with Gasteiger partial charge in [0, 0.05) is 31.4 Å². The normalized spacial score (nSPS) is 18.8. The summed E-state index contributed by atoms with van der Waals surface area (Å²) in [5.41, 5.74) is 0.314. The third-order valence-electron chi connectivity index (χ3n) is 4.93. The number of nitrogens with one attached hydrogen (secondary N) is 2. The van der Waals surface area contributed by atoms with Gasteiger partial charge in [0.25, 0.3) is 0 Å². The van der Waals surface area contributed by atoms with Crippen molar-refractivity contribution < 1.29 is 14.4 Å². The van der Waals surface area contributed by atoms with Crippen molar-refractivity contribution in [1.82, 2.24) is 4.90 Å². The highest BCUT2D eigenvalue weighted by Gasteiger charge is 2.57. The first-order chi connectivity index (χ1) is 12.0.